The van der Waals surface area contributed by atoms with Gasteiger partial charge in [0, 0.05) is 13.1 Å². The van der Waals surface area contributed by atoms with Gasteiger partial charge in [0.2, 0.25) is 0 Å². The summed E-state index contributed by atoms with van der Waals surface area (Å²) < 4.78 is 0. The van der Waals surface area contributed by atoms with E-state index < -0.39 is 0 Å². The molecule has 0 unspecified atom stereocenters. The van der Waals surface area contributed by atoms with Crippen molar-refractivity contribution >= 4 is 10.8 Å². The Bertz CT molecular complexity index is 443. The Morgan fingerprint density at radius 1 is 0.929 bits per heavy atom. The minimum atomic E-state index is 1.10. The van der Waals surface area contributed by atoms with Crippen LogP contribution in [-0.2, 0) is 13.1 Å². The molecular weight excluding hydrogens is 170 g/mol. The van der Waals surface area contributed by atoms with Crippen molar-refractivity contribution in [2.75, 3.05) is 7.05 Å². The van der Waals surface area contributed by atoms with Crippen molar-refractivity contribution in [2.45, 2.75) is 13.1 Å². The second kappa shape index (κ2) is 2.82. The molecule has 0 saturated heterocycles. The fraction of sp³-hybridized carbons (Fsp3) is 0.231. The average molecular weight is 183 g/mol. The zero-order valence-corrected chi connectivity index (χ0v) is 8.33. The molecule has 2 aromatic rings. The second-order valence-corrected chi connectivity index (χ2v) is 4.14. The van der Waals surface area contributed by atoms with Gasteiger partial charge in [-0.2, -0.15) is 0 Å². The van der Waals surface area contributed by atoms with Crippen LogP contribution in [0.5, 0.6) is 0 Å². The van der Waals surface area contributed by atoms with Gasteiger partial charge in [0.25, 0.3) is 0 Å². The van der Waals surface area contributed by atoms with E-state index in [1.54, 1.807) is 0 Å². The predicted octanol–water partition coefficient (Wildman–Crippen LogP) is 2.79. The molecular formula is C13H13N. The summed E-state index contributed by atoms with van der Waals surface area (Å²) in [7, 11) is 2.17. The Kier molecular flexibility index (Phi) is 1.62. The summed E-state index contributed by atoms with van der Waals surface area (Å²) in [5, 5.41) is 2.73. The quantitative estimate of drug-likeness (QED) is 0.607. The van der Waals surface area contributed by atoms with Crippen molar-refractivity contribution in [1.82, 2.24) is 4.90 Å². The van der Waals surface area contributed by atoms with Gasteiger partial charge in [0.15, 0.2) is 0 Å². The molecule has 0 bridgehead atoms. The van der Waals surface area contributed by atoms with Gasteiger partial charge in [-0.25, -0.2) is 0 Å². The molecule has 2 aromatic carbocycles. The first-order chi connectivity index (χ1) is 6.83. The van der Waals surface area contributed by atoms with E-state index in [2.05, 4.69) is 48.3 Å². The van der Waals surface area contributed by atoms with E-state index >= 15 is 0 Å². The fourth-order valence-electron chi connectivity index (χ4n) is 2.27. The first-order valence-electron chi connectivity index (χ1n) is 5.02. The highest BCUT2D eigenvalue weighted by atomic mass is 15.1. The van der Waals surface area contributed by atoms with Crippen LogP contribution < -0.4 is 0 Å². The Balaban J connectivity index is 2.27. The third-order valence-electron chi connectivity index (χ3n) is 2.95. The van der Waals surface area contributed by atoms with Gasteiger partial charge in [0.05, 0.1) is 0 Å². The maximum atomic E-state index is 2.35. The van der Waals surface area contributed by atoms with Gasteiger partial charge in [0.1, 0.15) is 0 Å². The van der Waals surface area contributed by atoms with Crippen LogP contribution in [0.15, 0.2) is 36.4 Å². The largest absolute Gasteiger partial charge is 0.298 e. The molecule has 0 radical (unpaired) electrons. The van der Waals surface area contributed by atoms with E-state index in [0.717, 1.165) is 13.1 Å². The molecule has 1 aliphatic rings. The van der Waals surface area contributed by atoms with Crippen LogP contribution in [-0.4, -0.2) is 11.9 Å². The van der Waals surface area contributed by atoms with Crippen molar-refractivity contribution in [1.29, 1.82) is 0 Å². The molecule has 1 heterocycles. The van der Waals surface area contributed by atoms with E-state index in [1.165, 1.54) is 21.9 Å². The number of rotatable bonds is 0. The lowest BCUT2D eigenvalue weighted by atomic mass is 10.0. The summed E-state index contributed by atoms with van der Waals surface area (Å²) in [4.78, 5) is 2.35. The predicted molar refractivity (Wildman–Crippen MR) is 59.1 cm³/mol. The molecule has 1 nitrogen and oxygen atoms in total. The van der Waals surface area contributed by atoms with E-state index in [0.29, 0.717) is 0 Å². The zero-order valence-electron chi connectivity index (χ0n) is 8.33. The molecule has 0 amide bonds. The lowest BCUT2D eigenvalue weighted by molar-refractivity contribution is 0.353. The van der Waals surface area contributed by atoms with Gasteiger partial charge in [-0.15, -0.1) is 0 Å². The zero-order chi connectivity index (χ0) is 9.54. The Labute approximate surface area is 84.0 Å². The smallest absolute Gasteiger partial charge is 0.0237 e. The Hall–Kier alpha value is -1.34. The van der Waals surface area contributed by atoms with Crippen LogP contribution in [0.4, 0.5) is 0 Å². The van der Waals surface area contributed by atoms with Crippen molar-refractivity contribution in [2.24, 2.45) is 0 Å². The lowest BCUT2D eigenvalue weighted by Gasteiger charge is -2.02. The van der Waals surface area contributed by atoms with Crippen molar-refractivity contribution in [3.05, 3.63) is 47.5 Å². The summed E-state index contributed by atoms with van der Waals surface area (Å²) >= 11 is 0. The lowest BCUT2D eigenvalue weighted by Crippen LogP contribution is -2.07. The summed E-state index contributed by atoms with van der Waals surface area (Å²) in [6.07, 6.45) is 0. The molecule has 1 heteroatoms. The van der Waals surface area contributed by atoms with Gasteiger partial charge in [-0.05, 0) is 41.1 Å². The highest BCUT2D eigenvalue weighted by Gasteiger charge is 2.15. The highest BCUT2D eigenvalue weighted by Crippen LogP contribution is 2.26. The van der Waals surface area contributed by atoms with E-state index in [-0.39, 0.29) is 0 Å². The average Bonchev–Trinajstić information content (AvgIpc) is 2.53. The monoisotopic (exact) mass is 183 g/mol. The highest BCUT2D eigenvalue weighted by molar-refractivity contribution is 5.84. The van der Waals surface area contributed by atoms with Crippen molar-refractivity contribution in [3.8, 4) is 0 Å². The maximum absolute atomic E-state index is 2.35. The minimum Gasteiger partial charge on any atom is -0.298 e. The summed E-state index contributed by atoms with van der Waals surface area (Å²) in [6, 6.07) is 13.2. The number of nitrogens with zero attached hydrogens (tertiary/aromatic N) is 1. The Morgan fingerprint density at radius 3 is 1.93 bits per heavy atom. The standard InChI is InChI=1S/C13H13N/c1-14-8-12-6-10-4-2-3-5-11(10)7-13(12)9-14/h2-7H,8-9H2,1H3. The molecule has 0 spiro atoms. The van der Waals surface area contributed by atoms with Crippen LogP contribution in [0.25, 0.3) is 10.8 Å². The molecule has 3 rings (SSSR count). The Morgan fingerprint density at radius 2 is 1.43 bits per heavy atom. The fourth-order valence-corrected chi connectivity index (χ4v) is 2.27. The number of hydrogen-bond acceptors (Lipinski definition) is 1. The van der Waals surface area contributed by atoms with E-state index in [1.807, 2.05) is 0 Å². The van der Waals surface area contributed by atoms with Gasteiger partial charge < -0.3 is 0 Å². The second-order valence-electron chi connectivity index (χ2n) is 4.14. The molecule has 0 atom stereocenters. The van der Waals surface area contributed by atoms with Crippen LogP contribution in [0.3, 0.4) is 0 Å². The normalized spacial score (nSPS) is 16.1. The van der Waals surface area contributed by atoms with Crippen LogP contribution in [0.2, 0.25) is 0 Å². The molecule has 0 aliphatic carbocycles. The molecule has 0 N–H and O–H groups in total. The first kappa shape index (κ1) is 8.01. The van der Waals surface area contributed by atoms with Gasteiger partial charge in [-0.3, -0.25) is 4.90 Å². The molecule has 0 fully saturated rings. The number of fused-ring (bicyclic) bond motifs is 2. The minimum absolute atomic E-state index is 1.10. The third kappa shape index (κ3) is 1.13. The van der Waals surface area contributed by atoms with Crippen LogP contribution in [0.1, 0.15) is 11.1 Å². The molecule has 14 heavy (non-hydrogen) atoms. The number of benzene rings is 2. The molecule has 1 aliphatic heterocycles. The summed E-state index contributed by atoms with van der Waals surface area (Å²) in [5.41, 5.74) is 2.98. The third-order valence-corrected chi connectivity index (χ3v) is 2.95. The topological polar surface area (TPSA) is 3.24 Å². The first-order valence-corrected chi connectivity index (χ1v) is 5.02. The van der Waals surface area contributed by atoms with E-state index in [4.69, 9.17) is 0 Å². The van der Waals surface area contributed by atoms with Gasteiger partial charge in [-0.1, -0.05) is 24.3 Å². The molecule has 0 aromatic heterocycles. The van der Waals surface area contributed by atoms with Crippen LogP contribution >= 0.6 is 0 Å². The maximum Gasteiger partial charge on any atom is 0.0237 e. The summed E-state index contributed by atoms with van der Waals surface area (Å²) in [5.74, 6) is 0. The number of hydrogen-bond donors (Lipinski definition) is 0. The van der Waals surface area contributed by atoms with E-state index in [9.17, 15) is 0 Å². The molecule has 0 saturated carbocycles. The van der Waals surface area contributed by atoms with Crippen molar-refractivity contribution in [3.63, 3.8) is 0 Å². The van der Waals surface area contributed by atoms with Gasteiger partial charge >= 0.3 is 0 Å². The van der Waals surface area contributed by atoms with Crippen LogP contribution in [0, 0.1) is 0 Å². The SMILES string of the molecule is CN1Cc2cc3ccccc3cc2C1. The van der Waals surface area contributed by atoms with Crippen molar-refractivity contribution < 1.29 is 0 Å². The molecule has 70 valence electrons. The summed E-state index contributed by atoms with van der Waals surface area (Å²) in [6.45, 7) is 2.19.